The van der Waals surface area contributed by atoms with Crippen LogP contribution in [0.5, 0.6) is 11.5 Å². The molecule has 4 rings (SSSR count). The lowest BCUT2D eigenvalue weighted by Crippen LogP contribution is -2.43. The highest BCUT2D eigenvalue weighted by molar-refractivity contribution is 6.01. The van der Waals surface area contributed by atoms with Crippen molar-refractivity contribution in [2.24, 2.45) is 0 Å². The van der Waals surface area contributed by atoms with E-state index in [1.165, 1.54) is 0 Å². The third-order valence-corrected chi connectivity index (χ3v) is 5.02. The molecule has 0 bridgehead atoms. The van der Waals surface area contributed by atoms with Gasteiger partial charge in [0.2, 0.25) is 0 Å². The summed E-state index contributed by atoms with van der Waals surface area (Å²) in [6.07, 6.45) is 1.61. The molecule has 4 aromatic rings. The second-order valence-corrected chi connectivity index (χ2v) is 7.48. The lowest BCUT2D eigenvalue weighted by atomic mass is 10.1. The van der Waals surface area contributed by atoms with Gasteiger partial charge in [-0.3, -0.25) is 20.4 Å². The molecule has 1 heterocycles. The van der Waals surface area contributed by atoms with E-state index in [0.717, 1.165) is 11.3 Å². The van der Waals surface area contributed by atoms with Gasteiger partial charge in [0, 0.05) is 11.8 Å². The van der Waals surface area contributed by atoms with Crippen LogP contribution in [0.4, 0.5) is 0 Å². The Morgan fingerprint density at radius 1 is 0.941 bits per heavy atom. The van der Waals surface area contributed by atoms with Gasteiger partial charge in [-0.1, -0.05) is 42.5 Å². The van der Waals surface area contributed by atoms with E-state index in [1.54, 1.807) is 30.1 Å². The SMILES string of the molecule is COc1ccccc1-c1nn(-c2ccccc2)cc1C(=O)NNC(=O)COc1cccc(C)c1. The molecule has 172 valence electrons. The van der Waals surface area contributed by atoms with Gasteiger partial charge in [-0.15, -0.1) is 0 Å². The average Bonchev–Trinajstić information content (AvgIpc) is 3.32. The molecule has 0 saturated heterocycles. The van der Waals surface area contributed by atoms with Crippen LogP contribution in [0.1, 0.15) is 15.9 Å². The van der Waals surface area contributed by atoms with Crippen molar-refractivity contribution < 1.29 is 19.1 Å². The Labute approximate surface area is 197 Å². The molecule has 0 aliphatic carbocycles. The fraction of sp³-hybridized carbons (Fsp3) is 0.115. The summed E-state index contributed by atoms with van der Waals surface area (Å²) in [4.78, 5) is 25.3. The van der Waals surface area contributed by atoms with E-state index in [4.69, 9.17) is 9.47 Å². The van der Waals surface area contributed by atoms with Crippen molar-refractivity contribution in [2.75, 3.05) is 13.7 Å². The van der Waals surface area contributed by atoms with E-state index in [0.29, 0.717) is 22.8 Å². The van der Waals surface area contributed by atoms with Crippen LogP contribution in [0.3, 0.4) is 0 Å². The number of aromatic nitrogens is 2. The maximum atomic E-state index is 13.0. The van der Waals surface area contributed by atoms with Crippen LogP contribution in [-0.2, 0) is 4.79 Å². The summed E-state index contributed by atoms with van der Waals surface area (Å²) in [6.45, 7) is 1.69. The molecule has 0 aliphatic rings. The number of para-hydroxylation sites is 2. The van der Waals surface area contributed by atoms with Crippen molar-refractivity contribution in [3.8, 4) is 28.4 Å². The summed E-state index contributed by atoms with van der Waals surface area (Å²) >= 11 is 0. The van der Waals surface area contributed by atoms with Crippen LogP contribution >= 0.6 is 0 Å². The van der Waals surface area contributed by atoms with Gasteiger partial charge in [0.15, 0.2) is 6.61 Å². The minimum atomic E-state index is -0.521. The summed E-state index contributed by atoms with van der Waals surface area (Å²) < 4.78 is 12.5. The van der Waals surface area contributed by atoms with Gasteiger partial charge in [-0.25, -0.2) is 4.68 Å². The first-order valence-electron chi connectivity index (χ1n) is 10.6. The summed E-state index contributed by atoms with van der Waals surface area (Å²) in [6, 6.07) is 24.1. The van der Waals surface area contributed by atoms with Crippen molar-refractivity contribution in [3.63, 3.8) is 0 Å². The van der Waals surface area contributed by atoms with Crippen LogP contribution in [0.2, 0.25) is 0 Å². The van der Waals surface area contributed by atoms with E-state index < -0.39 is 11.8 Å². The number of nitrogens with zero attached hydrogens (tertiary/aromatic N) is 2. The summed E-state index contributed by atoms with van der Waals surface area (Å²) in [5.74, 6) is 0.130. The first kappa shape index (κ1) is 22.6. The van der Waals surface area contributed by atoms with E-state index in [9.17, 15) is 9.59 Å². The molecule has 0 radical (unpaired) electrons. The third kappa shape index (κ3) is 5.24. The average molecular weight is 457 g/mol. The molecule has 8 heteroatoms. The maximum Gasteiger partial charge on any atom is 0.276 e. The molecule has 3 aromatic carbocycles. The zero-order valence-electron chi connectivity index (χ0n) is 18.8. The number of hydrogen-bond donors (Lipinski definition) is 2. The number of rotatable bonds is 7. The predicted octanol–water partition coefficient (Wildman–Crippen LogP) is 3.70. The van der Waals surface area contributed by atoms with Crippen molar-refractivity contribution in [3.05, 3.63) is 96.2 Å². The number of amides is 2. The minimum Gasteiger partial charge on any atom is -0.496 e. The fourth-order valence-corrected chi connectivity index (χ4v) is 3.38. The van der Waals surface area contributed by atoms with Crippen LogP contribution < -0.4 is 20.3 Å². The van der Waals surface area contributed by atoms with Gasteiger partial charge in [-0.05, 0) is 48.9 Å². The Morgan fingerprint density at radius 3 is 2.47 bits per heavy atom. The van der Waals surface area contributed by atoms with Crippen molar-refractivity contribution in [2.45, 2.75) is 6.92 Å². The maximum absolute atomic E-state index is 13.0. The van der Waals surface area contributed by atoms with Crippen LogP contribution in [0, 0.1) is 6.92 Å². The molecule has 0 fully saturated rings. The van der Waals surface area contributed by atoms with Crippen molar-refractivity contribution >= 4 is 11.8 Å². The number of hydrazine groups is 1. The zero-order valence-corrected chi connectivity index (χ0v) is 18.8. The largest absolute Gasteiger partial charge is 0.496 e. The molecule has 1 aromatic heterocycles. The second kappa shape index (κ2) is 10.4. The molecule has 0 atom stereocenters. The lowest BCUT2D eigenvalue weighted by molar-refractivity contribution is -0.123. The van der Waals surface area contributed by atoms with Gasteiger partial charge in [0.1, 0.15) is 17.2 Å². The molecule has 34 heavy (non-hydrogen) atoms. The standard InChI is InChI=1S/C26H24N4O4/c1-18-9-8-12-20(15-18)34-17-24(31)27-28-26(32)22-16-30(19-10-4-3-5-11-19)29-25(22)21-13-6-7-14-23(21)33-2/h3-16H,17H2,1-2H3,(H,27,31)(H,28,32). The normalized spacial score (nSPS) is 10.4. The highest BCUT2D eigenvalue weighted by Crippen LogP contribution is 2.31. The molecule has 0 aliphatic heterocycles. The van der Waals surface area contributed by atoms with Gasteiger partial charge < -0.3 is 9.47 Å². The highest BCUT2D eigenvalue weighted by atomic mass is 16.5. The number of methoxy groups -OCH3 is 1. The fourth-order valence-electron chi connectivity index (χ4n) is 3.38. The van der Waals surface area contributed by atoms with E-state index in [1.807, 2.05) is 73.7 Å². The Kier molecular flexibility index (Phi) is 6.88. The Bertz CT molecular complexity index is 1300. The van der Waals surface area contributed by atoms with Gasteiger partial charge in [0.25, 0.3) is 11.8 Å². The second-order valence-electron chi connectivity index (χ2n) is 7.48. The predicted molar refractivity (Wildman–Crippen MR) is 128 cm³/mol. The number of hydrogen-bond acceptors (Lipinski definition) is 5. The number of benzene rings is 3. The molecule has 2 amide bonds. The number of nitrogens with one attached hydrogen (secondary N) is 2. The number of ether oxygens (including phenoxy) is 2. The Hall–Kier alpha value is -4.59. The summed E-state index contributed by atoms with van der Waals surface area (Å²) in [5.41, 5.74) is 7.98. The topological polar surface area (TPSA) is 94.5 Å². The molecular formula is C26H24N4O4. The van der Waals surface area contributed by atoms with Crippen molar-refractivity contribution in [1.82, 2.24) is 20.6 Å². The summed E-state index contributed by atoms with van der Waals surface area (Å²) in [7, 11) is 1.56. The zero-order chi connectivity index (χ0) is 23.9. The minimum absolute atomic E-state index is 0.244. The molecule has 0 spiro atoms. The van der Waals surface area contributed by atoms with Crippen molar-refractivity contribution in [1.29, 1.82) is 0 Å². The van der Waals surface area contributed by atoms with Gasteiger partial charge in [-0.2, -0.15) is 5.10 Å². The number of aryl methyl sites for hydroxylation is 1. The number of carbonyl (C=O) groups excluding carboxylic acids is 2. The summed E-state index contributed by atoms with van der Waals surface area (Å²) in [5, 5.41) is 4.63. The van der Waals surface area contributed by atoms with Gasteiger partial charge in [0.05, 0.1) is 18.4 Å². The monoisotopic (exact) mass is 456 g/mol. The van der Waals surface area contributed by atoms with Crippen LogP contribution in [0.25, 0.3) is 16.9 Å². The van der Waals surface area contributed by atoms with Crippen LogP contribution in [0.15, 0.2) is 85.1 Å². The third-order valence-electron chi connectivity index (χ3n) is 5.02. The molecular weight excluding hydrogens is 432 g/mol. The Balaban J connectivity index is 1.53. The van der Waals surface area contributed by atoms with E-state index in [-0.39, 0.29) is 12.2 Å². The van der Waals surface area contributed by atoms with Crippen LogP contribution in [-0.4, -0.2) is 35.3 Å². The lowest BCUT2D eigenvalue weighted by Gasteiger charge is -2.10. The first-order chi connectivity index (χ1) is 16.5. The van der Waals surface area contributed by atoms with E-state index in [2.05, 4.69) is 16.0 Å². The van der Waals surface area contributed by atoms with Gasteiger partial charge >= 0.3 is 0 Å². The molecule has 2 N–H and O–H groups in total. The molecule has 0 saturated carbocycles. The van der Waals surface area contributed by atoms with E-state index >= 15 is 0 Å². The smallest absolute Gasteiger partial charge is 0.276 e. The molecule has 0 unspecified atom stereocenters. The molecule has 8 nitrogen and oxygen atoms in total. The Morgan fingerprint density at radius 2 is 1.71 bits per heavy atom. The number of carbonyl (C=O) groups is 2. The first-order valence-corrected chi connectivity index (χ1v) is 10.6. The highest BCUT2D eigenvalue weighted by Gasteiger charge is 2.21. The quantitative estimate of drug-likeness (QED) is 0.414.